The number of ether oxygens (including phenoxy) is 2. The van der Waals surface area contributed by atoms with Crippen molar-refractivity contribution in [2.75, 3.05) is 19.5 Å². The standard InChI is InChI=1S/C16H19N3O2.HI/c1-20-13-9-7-12(8-10-13)11-18-16(17)19-14-5-3-4-6-15(14)21-2;/h3-10H,11H2,1-2H3,(H3,17,18,19);1H. The summed E-state index contributed by atoms with van der Waals surface area (Å²) in [6.07, 6.45) is 0. The highest BCUT2D eigenvalue weighted by molar-refractivity contribution is 14.0. The van der Waals surface area contributed by atoms with Crippen molar-refractivity contribution in [3.05, 3.63) is 54.1 Å². The molecule has 0 fully saturated rings. The second-order valence-corrected chi connectivity index (χ2v) is 4.37. The molecule has 0 aromatic heterocycles. The molecule has 0 atom stereocenters. The monoisotopic (exact) mass is 413 g/mol. The number of methoxy groups -OCH3 is 2. The fourth-order valence-electron chi connectivity index (χ4n) is 1.83. The normalized spacial score (nSPS) is 10.5. The van der Waals surface area contributed by atoms with Crippen molar-refractivity contribution in [1.29, 1.82) is 0 Å². The third-order valence-electron chi connectivity index (χ3n) is 2.96. The molecule has 0 radical (unpaired) electrons. The van der Waals surface area contributed by atoms with Crippen LogP contribution in [0.3, 0.4) is 0 Å². The average Bonchev–Trinajstić information content (AvgIpc) is 2.54. The number of hydrogen-bond acceptors (Lipinski definition) is 3. The third kappa shape index (κ3) is 5.10. The molecule has 5 nitrogen and oxygen atoms in total. The van der Waals surface area contributed by atoms with Crippen molar-refractivity contribution in [2.45, 2.75) is 6.54 Å². The van der Waals surface area contributed by atoms with Crippen LogP contribution in [0.15, 0.2) is 53.5 Å². The number of aliphatic imine (C=N–C) groups is 1. The molecule has 0 unspecified atom stereocenters. The first kappa shape index (κ1) is 18.1. The average molecular weight is 413 g/mol. The first-order valence-electron chi connectivity index (χ1n) is 6.56. The minimum Gasteiger partial charge on any atom is -0.497 e. The number of hydrogen-bond donors (Lipinski definition) is 2. The van der Waals surface area contributed by atoms with Gasteiger partial charge in [-0.3, -0.25) is 0 Å². The fraction of sp³-hybridized carbons (Fsp3) is 0.188. The summed E-state index contributed by atoms with van der Waals surface area (Å²) < 4.78 is 10.4. The van der Waals surface area contributed by atoms with Crippen molar-refractivity contribution >= 4 is 35.6 Å². The minimum atomic E-state index is 0. The summed E-state index contributed by atoms with van der Waals surface area (Å²) in [5, 5.41) is 3.03. The van der Waals surface area contributed by atoms with Crippen molar-refractivity contribution in [3.63, 3.8) is 0 Å². The molecule has 3 N–H and O–H groups in total. The van der Waals surface area contributed by atoms with E-state index in [1.54, 1.807) is 14.2 Å². The van der Waals surface area contributed by atoms with Crippen molar-refractivity contribution in [1.82, 2.24) is 0 Å². The molecule has 0 heterocycles. The lowest BCUT2D eigenvalue weighted by atomic mass is 10.2. The van der Waals surface area contributed by atoms with Crippen LogP contribution in [0.2, 0.25) is 0 Å². The minimum absolute atomic E-state index is 0. The molecule has 0 aliphatic rings. The zero-order valence-electron chi connectivity index (χ0n) is 12.6. The molecule has 0 amide bonds. The van der Waals surface area contributed by atoms with Gasteiger partial charge in [0.1, 0.15) is 11.5 Å². The third-order valence-corrected chi connectivity index (χ3v) is 2.96. The van der Waals surface area contributed by atoms with Crippen LogP contribution in [0.25, 0.3) is 0 Å². The number of halogens is 1. The predicted molar refractivity (Wildman–Crippen MR) is 100 cm³/mol. The van der Waals surface area contributed by atoms with Gasteiger partial charge in [-0.1, -0.05) is 24.3 Å². The predicted octanol–water partition coefficient (Wildman–Crippen LogP) is 3.25. The van der Waals surface area contributed by atoms with E-state index in [0.29, 0.717) is 12.5 Å². The van der Waals surface area contributed by atoms with Gasteiger partial charge in [-0.2, -0.15) is 0 Å². The lowest BCUT2D eigenvalue weighted by Crippen LogP contribution is -2.22. The van der Waals surface area contributed by atoms with Crippen LogP contribution < -0.4 is 20.5 Å². The van der Waals surface area contributed by atoms with Crippen LogP contribution in [-0.4, -0.2) is 20.2 Å². The van der Waals surface area contributed by atoms with Gasteiger partial charge >= 0.3 is 0 Å². The molecule has 0 spiro atoms. The highest BCUT2D eigenvalue weighted by Gasteiger charge is 2.02. The van der Waals surface area contributed by atoms with E-state index in [1.165, 1.54) is 0 Å². The van der Waals surface area contributed by atoms with E-state index in [4.69, 9.17) is 15.2 Å². The molecule has 2 aromatic rings. The Bertz CT molecular complexity index is 615. The van der Waals surface area contributed by atoms with Gasteiger partial charge in [0.25, 0.3) is 0 Å². The summed E-state index contributed by atoms with van der Waals surface area (Å²) in [6, 6.07) is 15.3. The van der Waals surface area contributed by atoms with Gasteiger partial charge in [0, 0.05) is 0 Å². The van der Waals surface area contributed by atoms with Gasteiger partial charge in [0.2, 0.25) is 0 Å². The van der Waals surface area contributed by atoms with Crippen LogP contribution in [0.1, 0.15) is 5.56 Å². The van der Waals surface area contributed by atoms with E-state index < -0.39 is 0 Å². The van der Waals surface area contributed by atoms with Crippen molar-refractivity contribution in [2.24, 2.45) is 10.7 Å². The molecular weight excluding hydrogens is 393 g/mol. The Labute approximate surface area is 147 Å². The second kappa shape index (κ2) is 9.14. The molecule has 0 saturated heterocycles. The van der Waals surface area contributed by atoms with E-state index >= 15 is 0 Å². The van der Waals surface area contributed by atoms with Crippen LogP contribution in [0, 0.1) is 0 Å². The number of nitrogens with two attached hydrogens (primary N) is 1. The summed E-state index contributed by atoms with van der Waals surface area (Å²) in [5.74, 6) is 1.89. The Morgan fingerprint density at radius 2 is 1.73 bits per heavy atom. The number of rotatable bonds is 5. The van der Waals surface area contributed by atoms with Gasteiger partial charge in [-0.05, 0) is 29.8 Å². The fourth-order valence-corrected chi connectivity index (χ4v) is 1.83. The van der Waals surface area contributed by atoms with Crippen LogP contribution in [0.4, 0.5) is 5.69 Å². The maximum absolute atomic E-state index is 5.89. The van der Waals surface area contributed by atoms with Crippen molar-refractivity contribution in [3.8, 4) is 11.5 Å². The first-order valence-corrected chi connectivity index (χ1v) is 6.56. The molecule has 22 heavy (non-hydrogen) atoms. The van der Waals surface area contributed by atoms with E-state index in [1.807, 2.05) is 48.5 Å². The maximum atomic E-state index is 5.89. The zero-order chi connectivity index (χ0) is 15.1. The number of para-hydroxylation sites is 2. The maximum Gasteiger partial charge on any atom is 0.193 e. The molecule has 2 aromatic carbocycles. The molecule has 118 valence electrons. The topological polar surface area (TPSA) is 68.9 Å². The van der Waals surface area contributed by atoms with E-state index in [9.17, 15) is 0 Å². The van der Waals surface area contributed by atoms with Crippen LogP contribution in [0.5, 0.6) is 11.5 Å². The first-order chi connectivity index (χ1) is 10.2. The van der Waals surface area contributed by atoms with E-state index in [-0.39, 0.29) is 24.0 Å². The number of guanidine groups is 1. The number of nitrogens with one attached hydrogen (secondary N) is 1. The molecule has 0 saturated carbocycles. The zero-order valence-corrected chi connectivity index (χ0v) is 14.9. The number of nitrogens with zero attached hydrogens (tertiary/aromatic N) is 1. The van der Waals surface area contributed by atoms with Gasteiger partial charge in [0.05, 0.1) is 26.5 Å². The molecule has 0 bridgehead atoms. The SMILES string of the molecule is COc1ccc(CN=C(N)Nc2ccccc2OC)cc1.I. The van der Waals surface area contributed by atoms with Crippen LogP contribution >= 0.6 is 24.0 Å². The highest BCUT2D eigenvalue weighted by atomic mass is 127. The second-order valence-electron chi connectivity index (χ2n) is 4.37. The van der Waals surface area contributed by atoms with E-state index in [2.05, 4.69) is 10.3 Å². The van der Waals surface area contributed by atoms with Gasteiger partial charge < -0.3 is 20.5 Å². The lowest BCUT2D eigenvalue weighted by Gasteiger charge is -2.10. The highest BCUT2D eigenvalue weighted by Crippen LogP contribution is 2.22. The van der Waals surface area contributed by atoms with Crippen molar-refractivity contribution < 1.29 is 9.47 Å². The Balaban J connectivity index is 0.00000242. The molecule has 2 rings (SSSR count). The summed E-state index contributed by atoms with van der Waals surface area (Å²) in [5.41, 5.74) is 7.74. The number of anilines is 1. The lowest BCUT2D eigenvalue weighted by molar-refractivity contribution is 0.414. The van der Waals surface area contributed by atoms with Gasteiger partial charge in [-0.25, -0.2) is 4.99 Å². The molecule has 0 aliphatic carbocycles. The Kier molecular flexibility index (Phi) is 7.51. The Hall–Kier alpha value is -1.96. The largest absolute Gasteiger partial charge is 0.497 e. The quantitative estimate of drug-likeness (QED) is 0.449. The Morgan fingerprint density at radius 1 is 1.05 bits per heavy atom. The molecule has 6 heteroatoms. The van der Waals surface area contributed by atoms with E-state index in [0.717, 1.165) is 22.7 Å². The van der Waals surface area contributed by atoms with Gasteiger partial charge in [-0.15, -0.1) is 24.0 Å². The summed E-state index contributed by atoms with van der Waals surface area (Å²) >= 11 is 0. The summed E-state index contributed by atoms with van der Waals surface area (Å²) in [7, 11) is 3.26. The molecule has 0 aliphatic heterocycles. The molecular formula is C16H20IN3O2. The smallest absolute Gasteiger partial charge is 0.193 e. The number of benzene rings is 2. The summed E-state index contributed by atoms with van der Waals surface area (Å²) in [6.45, 7) is 0.498. The van der Waals surface area contributed by atoms with Crippen LogP contribution in [-0.2, 0) is 6.54 Å². The Morgan fingerprint density at radius 3 is 2.36 bits per heavy atom. The summed E-state index contributed by atoms with van der Waals surface area (Å²) in [4.78, 5) is 4.31. The van der Waals surface area contributed by atoms with Gasteiger partial charge in [0.15, 0.2) is 5.96 Å².